The minimum atomic E-state index is 0.818. The minimum absolute atomic E-state index is 0.818. The minimum Gasteiger partial charge on any atom is -0.497 e. The summed E-state index contributed by atoms with van der Waals surface area (Å²) in [6, 6.07) is 9.91. The fraction of sp³-hybridized carbons (Fsp3) is 0.154. The van der Waals surface area contributed by atoms with E-state index in [4.69, 9.17) is 4.74 Å². The van der Waals surface area contributed by atoms with Gasteiger partial charge in [-0.3, -0.25) is 0 Å². The molecule has 0 aromatic heterocycles. The lowest BCUT2D eigenvalue weighted by atomic mass is 10.0. The monoisotopic (exact) mass is 229 g/mol. The average Bonchev–Trinajstić information content (AvgIpc) is 2.32. The molecule has 0 atom stereocenters. The summed E-state index contributed by atoms with van der Waals surface area (Å²) < 4.78 is 5.21. The summed E-state index contributed by atoms with van der Waals surface area (Å²) in [6.45, 7) is 2.07. The van der Waals surface area contributed by atoms with Gasteiger partial charge in [0.15, 0.2) is 0 Å². The van der Waals surface area contributed by atoms with Crippen LogP contribution in [0.4, 0.5) is 5.69 Å². The highest BCUT2D eigenvalue weighted by atomic mass is 32.1. The summed E-state index contributed by atoms with van der Waals surface area (Å²) in [5, 5.41) is 4.60. The number of aryl methyl sites for hydroxylation is 1. The molecule has 80 valence electrons. The van der Waals surface area contributed by atoms with Crippen LogP contribution in [-0.2, 0) is 0 Å². The molecule has 0 heterocycles. The second-order valence-corrected chi connectivity index (χ2v) is 3.70. The van der Waals surface area contributed by atoms with E-state index in [1.165, 1.54) is 5.56 Å². The van der Waals surface area contributed by atoms with Gasteiger partial charge in [-0.05, 0) is 48.3 Å². The Balaban J connectivity index is 2.82. The summed E-state index contributed by atoms with van der Waals surface area (Å²) in [7, 11) is 1.65. The van der Waals surface area contributed by atoms with Crippen molar-refractivity contribution in [1.29, 1.82) is 0 Å². The highest BCUT2D eigenvalue weighted by Gasteiger charge is 2.04. The lowest BCUT2D eigenvalue weighted by molar-refractivity contribution is 0.415. The van der Waals surface area contributed by atoms with Gasteiger partial charge in [0.2, 0.25) is 0 Å². The molecule has 0 aliphatic heterocycles. The van der Waals surface area contributed by atoms with E-state index >= 15 is 0 Å². The first kappa shape index (κ1) is 10.8. The number of fused-ring (bicyclic) bond motifs is 1. The van der Waals surface area contributed by atoms with E-state index in [9.17, 15) is 0 Å². The van der Waals surface area contributed by atoms with Crippen molar-refractivity contribution in [2.75, 3.05) is 7.11 Å². The normalized spacial score (nSPS) is 9.88. The Morgan fingerprint density at radius 1 is 1.19 bits per heavy atom. The van der Waals surface area contributed by atoms with Crippen molar-refractivity contribution >= 4 is 33.8 Å². The number of aliphatic imine (C=N–C) groups is 1. The molecule has 3 heteroatoms. The molecule has 0 aliphatic rings. The van der Waals surface area contributed by atoms with Crippen molar-refractivity contribution < 1.29 is 4.74 Å². The number of nitrogens with zero attached hydrogens (tertiary/aromatic N) is 1. The van der Waals surface area contributed by atoms with Crippen LogP contribution in [-0.4, -0.2) is 12.3 Å². The molecule has 0 aliphatic carbocycles. The van der Waals surface area contributed by atoms with E-state index in [1.54, 1.807) is 7.11 Å². The maximum Gasteiger partial charge on any atom is 0.119 e. The van der Waals surface area contributed by atoms with E-state index in [1.807, 2.05) is 30.3 Å². The third kappa shape index (κ3) is 1.83. The highest BCUT2D eigenvalue weighted by molar-refractivity contribution is 7.78. The lowest BCUT2D eigenvalue weighted by Gasteiger charge is -2.06. The van der Waals surface area contributed by atoms with E-state index < -0.39 is 0 Å². The fourth-order valence-corrected chi connectivity index (χ4v) is 1.83. The first-order chi connectivity index (χ1) is 7.76. The zero-order valence-electron chi connectivity index (χ0n) is 9.15. The Labute approximate surface area is 99.6 Å². The van der Waals surface area contributed by atoms with Crippen molar-refractivity contribution in [2.24, 2.45) is 4.99 Å². The molecule has 0 radical (unpaired) electrons. The molecular weight excluding hydrogens is 218 g/mol. The molecule has 0 bridgehead atoms. The van der Waals surface area contributed by atoms with Gasteiger partial charge in [-0.15, -0.1) is 0 Å². The smallest absolute Gasteiger partial charge is 0.119 e. The number of thiocarbonyl (C=S) groups is 1. The lowest BCUT2D eigenvalue weighted by Crippen LogP contribution is -1.84. The van der Waals surface area contributed by atoms with Gasteiger partial charge in [0.05, 0.1) is 18.0 Å². The van der Waals surface area contributed by atoms with E-state index in [-0.39, 0.29) is 0 Å². The maximum absolute atomic E-state index is 5.21. The number of hydrogen-bond acceptors (Lipinski definition) is 3. The van der Waals surface area contributed by atoms with Crippen LogP contribution in [0.2, 0.25) is 0 Å². The number of hydrogen-bond donors (Lipinski definition) is 0. The fourth-order valence-electron chi connectivity index (χ4n) is 1.74. The van der Waals surface area contributed by atoms with Crippen LogP contribution < -0.4 is 4.74 Å². The van der Waals surface area contributed by atoms with Crippen LogP contribution in [0.1, 0.15) is 5.56 Å². The van der Waals surface area contributed by atoms with Gasteiger partial charge < -0.3 is 4.74 Å². The van der Waals surface area contributed by atoms with Crippen molar-refractivity contribution in [3.8, 4) is 5.75 Å². The van der Waals surface area contributed by atoms with Crippen LogP contribution >= 0.6 is 12.2 Å². The molecule has 2 aromatic carbocycles. The van der Waals surface area contributed by atoms with Gasteiger partial charge in [-0.1, -0.05) is 12.1 Å². The van der Waals surface area contributed by atoms with Gasteiger partial charge in [-0.2, -0.15) is 4.99 Å². The summed E-state index contributed by atoms with van der Waals surface area (Å²) >= 11 is 4.64. The van der Waals surface area contributed by atoms with E-state index in [2.05, 4.69) is 29.3 Å². The number of ether oxygens (including phenoxy) is 1. The van der Waals surface area contributed by atoms with Crippen LogP contribution in [0.25, 0.3) is 10.8 Å². The predicted molar refractivity (Wildman–Crippen MR) is 69.9 cm³/mol. The van der Waals surface area contributed by atoms with E-state index in [0.29, 0.717) is 0 Å². The molecule has 0 unspecified atom stereocenters. The zero-order valence-corrected chi connectivity index (χ0v) is 9.97. The number of isothiocyanates is 1. The van der Waals surface area contributed by atoms with Crippen LogP contribution in [0.15, 0.2) is 35.3 Å². The summed E-state index contributed by atoms with van der Waals surface area (Å²) in [4.78, 5) is 4.06. The standard InChI is InChI=1S/C13H11NOS/c1-9-3-6-13(14-8-16)12-7-10(15-2)4-5-11(9)12/h3-7H,1-2H3. The first-order valence-electron chi connectivity index (χ1n) is 4.91. The SMILES string of the molecule is COc1ccc2c(C)ccc(N=C=S)c2c1. The van der Waals surface area contributed by atoms with Gasteiger partial charge >= 0.3 is 0 Å². The molecule has 2 rings (SSSR count). The second kappa shape index (κ2) is 4.44. The Morgan fingerprint density at radius 2 is 2.00 bits per heavy atom. The van der Waals surface area contributed by atoms with Gasteiger partial charge in [0, 0.05) is 5.39 Å². The number of methoxy groups -OCH3 is 1. The first-order valence-corrected chi connectivity index (χ1v) is 5.32. The third-order valence-electron chi connectivity index (χ3n) is 2.58. The molecule has 16 heavy (non-hydrogen) atoms. The molecule has 0 spiro atoms. The van der Waals surface area contributed by atoms with Crippen LogP contribution in [0.3, 0.4) is 0 Å². The van der Waals surface area contributed by atoms with Gasteiger partial charge in [0.1, 0.15) is 5.75 Å². The summed E-state index contributed by atoms with van der Waals surface area (Å²) in [5.74, 6) is 0.818. The predicted octanol–water partition coefficient (Wildman–Crippen LogP) is 3.89. The van der Waals surface area contributed by atoms with Gasteiger partial charge in [0.25, 0.3) is 0 Å². The quantitative estimate of drug-likeness (QED) is 0.575. The van der Waals surface area contributed by atoms with Crippen molar-refractivity contribution in [1.82, 2.24) is 0 Å². The zero-order chi connectivity index (χ0) is 11.5. The molecule has 2 nitrogen and oxygen atoms in total. The Bertz CT molecular complexity index is 586. The second-order valence-electron chi connectivity index (χ2n) is 3.52. The maximum atomic E-state index is 5.21. The van der Waals surface area contributed by atoms with Crippen molar-refractivity contribution in [3.05, 3.63) is 35.9 Å². The Morgan fingerprint density at radius 3 is 2.69 bits per heavy atom. The van der Waals surface area contributed by atoms with E-state index in [0.717, 1.165) is 22.2 Å². The molecule has 0 amide bonds. The third-order valence-corrected chi connectivity index (χ3v) is 2.68. The van der Waals surface area contributed by atoms with Crippen molar-refractivity contribution in [3.63, 3.8) is 0 Å². The van der Waals surface area contributed by atoms with Crippen LogP contribution in [0.5, 0.6) is 5.75 Å². The number of rotatable bonds is 2. The van der Waals surface area contributed by atoms with Gasteiger partial charge in [-0.25, -0.2) is 0 Å². The summed E-state index contributed by atoms with van der Waals surface area (Å²) in [5.41, 5.74) is 2.04. The molecule has 0 fully saturated rings. The Kier molecular flexibility index (Phi) is 3.00. The topological polar surface area (TPSA) is 21.6 Å². The molecule has 0 saturated carbocycles. The molecule has 0 N–H and O–H groups in total. The van der Waals surface area contributed by atoms with Crippen molar-refractivity contribution in [2.45, 2.75) is 6.92 Å². The summed E-state index contributed by atoms with van der Waals surface area (Å²) in [6.07, 6.45) is 0. The largest absolute Gasteiger partial charge is 0.497 e. The highest BCUT2D eigenvalue weighted by Crippen LogP contribution is 2.31. The molecule has 2 aromatic rings. The number of benzene rings is 2. The molecule has 0 saturated heterocycles. The average molecular weight is 229 g/mol. The molecular formula is C13H11NOS. The van der Waals surface area contributed by atoms with Crippen LogP contribution in [0, 0.1) is 6.92 Å². The Hall–Kier alpha value is -1.70.